The number of nitrogens with one attached hydrogen (secondary N) is 2. The Bertz CT molecular complexity index is 312. The van der Waals surface area contributed by atoms with Crippen LogP contribution in [0.2, 0.25) is 0 Å². The van der Waals surface area contributed by atoms with Crippen LogP contribution in [0.15, 0.2) is 0 Å². The Hall–Kier alpha value is -1.41. The monoisotopic (exact) mass is 291 g/mol. The maximum atomic E-state index is 11.0. The fourth-order valence-corrected chi connectivity index (χ4v) is 1.65. The molecule has 110 valence electrons. The molecule has 8 heteroatoms. The molecule has 0 aromatic rings. The van der Waals surface area contributed by atoms with E-state index >= 15 is 0 Å². The van der Waals surface area contributed by atoms with Gasteiger partial charge >= 0.3 is 11.9 Å². The molecular formula is C11H21N3O4S. The Morgan fingerprint density at radius 3 is 2.42 bits per heavy atom. The zero-order valence-electron chi connectivity index (χ0n) is 10.7. The molecule has 7 nitrogen and oxygen atoms in total. The third-order valence-electron chi connectivity index (χ3n) is 2.40. The highest BCUT2D eigenvalue weighted by molar-refractivity contribution is 7.80. The van der Waals surface area contributed by atoms with E-state index in [1.165, 1.54) is 0 Å². The van der Waals surface area contributed by atoms with E-state index in [1.54, 1.807) is 0 Å². The van der Waals surface area contributed by atoms with Gasteiger partial charge in [0.25, 0.3) is 0 Å². The van der Waals surface area contributed by atoms with Gasteiger partial charge in [-0.3, -0.25) is 4.79 Å². The van der Waals surface area contributed by atoms with Crippen LogP contribution in [0.3, 0.4) is 0 Å². The minimum absolute atomic E-state index is 0.0501. The lowest BCUT2D eigenvalue weighted by molar-refractivity contribution is -0.139. The van der Waals surface area contributed by atoms with Gasteiger partial charge in [0.2, 0.25) is 0 Å². The number of hydrogen-bond donors (Lipinski definition) is 5. The first-order chi connectivity index (χ1) is 8.97. The highest BCUT2D eigenvalue weighted by Gasteiger charge is 2.17. The molecule has 0 unspecified atom stereocenters. The van der Waals surface area contributed by atoms with Crippen molar-refractivity contribution in [3.8, 4) is 0 Å². The maximum absolute atomic E-state index is 11.0. The summed E-state index contributed by atoms with van der Waals surface area (Å²) in [6, 6.07) is -0.744. The summed E-state index contributed by atoms with van der Waals surface area (Å²) in [6.07, 6.45) is 2.41. The summed E-state index contributed by atoms with van der Waals surface area (Å²) >= 11 is 4.95. The van der Waals surface area contributed by atoms with Crippen molar-refractivity contribution in [1.82, 2.24) is 10.6 Å². The lowest BCUT2D eigenvalue weighted by Crippen LogP contribution is -2.46. The average Bonchev–Trinajstić information content (AvgIpc) is 2.33. The normalized spacial score (nSPS) is 11.6. The number of hydrogen-bond acceptors (Lipinski definition) is 4. The fourth-order valence-electron chi connectivity index (χ4n) is 1.40. The Labute approximate surface area is 117 Å². The van der Waals surface area contributed by atoms with Crippen LogP contribution in [0.1, 0.15) is 32.1 Å². The molecule has 0 bridgehead atoms. The zero-order chi connectivity index (χ0) is 14.7. The lowest BCUT2D eigenvalue weighted by Gasteiger charge is -2.17. The van der Waals surface area contributed by atoms with Crippen molar-refractivity contribution in [3.63, 3.8) is 0 Å². The van der Waals surface area contributed by atoms with Crippen LogP contribution < -0.4 is 16.4 Å². The molecule has 0 aliphatic rings. The molecule has 0 aliphatic carbocycles. The van der Waals surface area contributed by atoms with Crippen molar-refractivity contribution in [3.05, 3.63) is 0 Å². The summed E-state index contributed by atoms with van der Waals surface area (Å²) in [5, 5.41) is 23.2. The van der Waals surface area contributed by atoms with Crippen LogP contribution in [0.5, 0.6) is 0 Å². The van der Waals surface area contributed by atoms with Gasteiger partial charge in [-0.05, 0) is 44.4 Å². The molecule has 6 N–H and O–H groups in total. The van der Waals surface area contributed by atoms with E-state index in [0.717, 1.165) is 6.42 Å². The number of nitrogens with two attached hydrogens (primary N) is 1. The van der Waals surface area contributed by atoms with E-state index < -0.39 is 18.0 Å². The SMILES string of the molecule is NCCCC[C@H](NC(=S)NCCCC(=O)O)C(=O)O. The van der Waals surface area contributed by atoms with Crippen molar-refractivity contribution in [2.75, 3.05) is 13.1 Å². The van der Waals surface area contributed by atoms with Gasteiger partial charge in [-0.25, -0.2) is 4.79 Å². The highest BCUT2D eigenvalue weighted by atomic mass is 32.1. The number of rotatable bonds is 10. The highest BCUT2D eigenvalue weighted by Crippen LogP contribution is 2.00. The molecule has 0 aromatic carbocycles. The molecule has 0 rings (SSSR count). The van der Waals surface area contributed by atoms with Gasteiger partial charge in [0, 0.05) is 13.0 Å². The Morgan fingerprint density at radius 2 is 1.89 bits per heavy atom. The van der Waals surface area contributed by atoms with Crippen LogP contribution in [-0.2, 0) is 9.59 Å². The second-order valence-electron chi connectivity index (χ2n) is 4.07. The van der Waals surface area contributed by atoms with Crippen LogP contribution in [0.25, 0.3) is 0 Å². The summed E-state index contributed by atoms with van der Waals surface area (Å²) < 4.78 is 0. The quantitative estimate of drug-likeness (QED) is 0.279. The predicted molar refractivity (Wildman–Crippen MR) is 74.9 cm³/mol. The zero-order valence-corrected chi connectivity index (χ0v) is 11.5. The molecule has 0 aromatic heterocycles. The summed E-state index contributed by atoms with van der Waals surface area (Å²) in [7, 11) is 0. The summed E-state index contributed by atoms with van der Waals surface area (Å²) in [4.78, 5) is 21.3. The fraction of sp³-hybridized carbons (Fsp3) is 0.727. The maximum Gasteiger partial charge on any atom is 0.326 e. The molecule has 0 radical (unpaired) electrons. The standard InChI is InChI=1S/C11H21N3O4S/c12-6-2-1-4-8(10(17)18)14-11(19)13-7-3-5-9(15)16/h8H,1-7,12H2,(H,15,16)(H,17,18)(H2,13,14,19)/t8-/m0/s1. The number of unbranched alkanes of at least 4 members (excludes halogenated alkanes) is 1. The topological polar surface area (TPSA) is 125 Å². The third kappa shape index (κ3) is 10.2. The van der Waals surface area contributed by atoms with E-state index in [1.807, 2.05) is 0 Å². The first-order valence-electron chi connectivity index (χ1n) is 6.16. The number of aliphatic carboxylic acids is 2. The van der Waals surface area contributed by atoms with E-state index in [2.05, 4.69) is 10.6 Å². The van der Waals surface area contributed by atoms with Crippen LogP contribution in [-0.4, -0.2) is 46.4 Å². The average molecular weight is 291 g/mol. The second-order valence-corrected chi connectivity index (χ2v) is 4.48. The number of carbonyl (C=O) groups is 2. The third-order valence-corrected chi connectivity index (χ3v) is 2.67. The number of carboxylic acids is 2. The first-order valence-corrected chi connectivity index (χ1v) is 6.57. The molecule has 0 saturated carbocycles. The Kier molecular flexibility index (Phi) is 9.73. The molecule has 0 heterocycles. The van der Waals surface area contributed by atoms with Gasteiger partial charge in [-0.1, -0.05) is 0 Å². The molecule has 0 amide bonds. The molecule has 0 saturated heterocycles. The van der Waals surface area contributed by atoms with Crippen molar-refractivity contribution in [1.29, 1.82) is 0 Å². The largest absolute Gasteiger partial charge is 0.481 e. The minimum Gasteiger partial charge on any atom is -0.481 e. The molecule has 0 spiro atoms. The Balaban J connectivity index is 3.89. The number of thiocarbonyl (C=S) groups is 1. The van der Waals surface area contributed by atoms with Crippen molar-refractivity contribution < 1.29 is 19.8 Å². The van der Waals surface area contributed by atoms with Gasteiger partial charge in [-0.15, -0.1) is 0 Å². The summed E-state index contributed by atoms with van der Waals surface area (Å²) in [6.45, 7) is 0.928. The van der Waals surface area contributed by atoms with Gasteiger partial charge in [-0.2, -0.15) is 0 Å². The second kappa shape index (κ2) is 10.5. The summed E-state index contributed by atoms with van der Waals surface area (Å²) in [5.74, 6) is -1.84. The number of carboxylic acid groups (broad SMARTS) is 2. The van der Waals surface area contributed by atoms with Crippen molar-refractivity contribution in [2.24, 2.45) is 5.73 Å². The van der Waals surface area contributed by atoms with Crippen LogP contribution >= 0.6 is 12.2 Å². The van der Waals surface area contributed by atoms with Crippen molar-refractivity contribution in [2.45, 2.75) is 38.1 Å². The lowest BCUT2D eigenvalue weighted by atomic mass is 10.1. The minimum atomic E-state index is -0.966. The van der Waals surface area contributed by atoms with Gasteiger partial charge < -0.3 is 26.6 Å². The van der Waals surface area contributed by atoms with Crippen molar-refractivity contribution >= 4 is 29.3 Å². The smallest absolute Gasteiger partial charge is 0.326 e. The van der Waals surface area contributed by atoms with Crippen LogP contribution in [0.4, 0.5) is 0 Å². The molecule has 0 fully saturated rings. The first kappa shape index (κ1) is 17.6. The molecule has 19 heavy (non-hydrogen) atoms. The van der Waals surface area contributed by atoms with Crippen LogP contribution in [0, 0.1) is 0 Å². The van der Waals surface area contributed by atoms with E-state index in [0.29, 0.717) is 32.4 Å². The van der Waals surface area contributed by atoms with E-state index in [-0.39, 0.29) is 11.5 Å². The predicted octanol–water partition coefficient (Wildman–Crippen LogP) is -0.102. The van der Waals surface area contributed by atoms with E-state index in [4.69, 9.17) is 28.2 Å². The van der Waals surface area contributed by atoms with Gasteiger partial charge in [0.05, 0.1) is 0 Å². The van der Waals surface area contributed by atoms with E-state index in [9.17, 15) is 9.59 Å². The summed E-state index contributed by atoms with van der Waals surface area (Å²) in [5.41, 5.74) is 5.34. The van der Waals surface area contributed by atoms with Gasteiger partial charge in [0.15, 0.2) is 5.11 Å². The Morgan fingerprint density at radius 1 is 1.21 bits per heavy atom. The molecule has 1 atom stereocenters. The van der Waals surface area contributed by atoms with Gasteiger partial charge in [0.1, 0.15) is 6.04 Å². The molecule has 0 aliphatic heterocycles. The molecular weight excluding hydrogens is 270 g/mol.